The van der Waals surface area contributed by atoms with Crippen LogP contribution in [0.25, 0.3) is 0 Å². The normalized spacial score (nSPS) is 17.9. The highest BCUT2D eigenvalue weighted by Crippen LogP contribution is 2.16. The molecular formula is C20H33F2IN4O2. The van der Waals surface area contributed by atoms with Crippen LogP contribution in [-0.4, -0.2) is 75.4 Å². The van der Waals surface area contributed by atoms with Crippen molar-refractivity contribution in [2.24, 2.45) is 10.9 Å². The fourth-order valence-corrected chi connectivity index (χ4v) is 3.30. The van der Waals surface area contributed by atoms with Gasteiger partial charge in [0.25, 0.3) is 0 Å². The summed E-state index contributed by atoms with van der Waals surface area (Å²) in [6.45, 7) is 6.66. The molecule has 1 saturated heterocycles. The number of hydrogen-bond acceptors (Lipinski definition) is 4. The highest BCUT2D eigenvalue weighted by atomic mass is 127. The van der Waals surface area contributed by atoms with E-state index in [1.807, 2.05) is 11.9 Å². The Morgan fingerprint density at radius 1 is 1.34 bits per heavy atom. The topological polar surface area (TPSA) is 49.3 Å². The molecule has 0 aromatic heterocycles. The van der Waals surface area contributed by atoms with Crippen LogP contribution >= 0.6 is 24.0 Å². The summed E-state index contributed by atoms with van der Waals surface area (Å²) < 4.78 is 34.7. The summed E-state index contributed by atoms with van der Waals surface area (Å²) in [4.78, 5) is 8.76. The van der Waals surface area contributed by atoms with Crippen LogP contribution in [0.3, 0.4) is 0 Å². The van der Waals surface area contributed by atoms with Crippen molar-refractivity contribution in [3.8, 4) is 5.75 Å². The Hall–Kier alpha value is -1.20. The molecule has 0 bridgehead atoms. The van der Waals surface area contributed by atoms with Gasteiger partial charge in [0.05, 0.1) is 12.7 Å². The van der Waals surface area contributed by atoms with Crippen LogP contribution in [0.1, 0.15) is 19.4 Å². The molecule has 0 amide bonds. The molecule has 1 heterocycles. The molecule has 1 atom stereocenters. The molecule has 0 radical (unpaired) electrons. The molecule has 1 aromatic rings. The maximum atomic E-state index is 12.2. The second kappa shape index (κ2) is 13.2. The lowest BCUT2D eigenvalue weighted by Crippen LogP contribution is -2.50. The standard InChI is InChI=1S/C20H32F2N4O2.HI/c1-15(2)12-26-9-10-27-18(14-26)11-24-20(23-3)25(4)13-16-5-7-17(8-6-16)28-19(21)22;/h5-8,15,18-19H,9-14H2,1-4H3,(H,23,24);1H. The third kappa shape index (κ3) is 9.43. The monoisotopic (exact) mass is 526 g/mol. The molecule has 29 heavy (non-hydrogen) atoms. The number of morpholine rings is 1. The van der Waals surface area contributed by atoms with E-state index in [1.54, 1.807) is 31.3 Å². The van der Waals surface area contributed by atoms with Crippen molar-refractivity contribution >= 4 is 29.9 Å². The summed E-state index contributed by atoms with van der Waals surface area (Å²) in [6.07, 6.45) is 0.128. The number of hydrogen-bond donors (Lipinski definition) is 1. The number of halogens is 3. The number of nitrogens with zero attached hydrogens (tertiary/aromatic N) is 3. The minimum absolute atomic E-state index is 0. The van der Waals surface area contributed by atoms with E-state index >= 15 is 0 Å². The van der Waals surface area contributed by atoms with Crippen LogP contribution in [0.2, 0.25) is 0 Å². The van der Waals surface area contributed by atoms with Gasteiger partial charge in [-0.1, -0.05) is 26.0 Å². The third-order valence-corrected chi connectivity index (χ3v) is 4.48. The molecule has 2 rings (SSSR count). The van der Waals surface area contributed by atoms with Gasteiger partial charge >= 0.3 is 6.61 Å². The van der Waals surface area contributed by atoms with E-state index in [1.165, 1.54) is 0 Å². The number of ether oxygens (including phenoxy) is 2. The van der Waals surface area contributed by atoms with Gasteiger partial charge in [0.1, 0.15) is 5.75 Å². The maximum Gasteiger partial charge on any atom is 0.387 e. The van der Waals surface area contributed by atoms with E-state index in [0.29, 0.717) is 19.0 Å². The Kier molecular flexibility index (Phi) is 11.7. The van der Waals surface area contributed by atoms with Gasteiger partial charge in [-0.25, -0.2) is 0 Å². The SMILES string of the molecule is CN=C(NCC1CN(CC(C)C)CCO1)N(C)Cc1ccc(OC(F)F)cc1.I. The smallest absolute Gasteiger partial charge is 0.387 e. The zero-order chi connectivity index (χ0) is 20.5. The second-order valence-electron chi connectivity index (χ2n) is 7.45. The molecule has 1 aliphatic rings. The van der Waals surface area contributed by atoms with Crippen LogP contribution in [0.5, 0.6) is 5.75 Å². The molecular weight excluding hydrogens is 493 g/mol. The zero-order valence-corrected chi connectivity index (χ0v) is 19.9. The lowest BCUT2D eigenvalue weighted by atomic mass is 10.2. The predicted molar refractivity (Wildman–Crippen MR) is 122 cm³/mol. The third-order valence-electron chi connectivity index (χ3n) is 4.48. The van der Waals surface area contributed by atoms with Crippen molar-refractivity contribution in [3.63, 3.8) is 0 Å². The van der Waals surface area contributed by atoms with Crippen LogP contribution in [0.15, 0.2) is 29.3 Å². The molecule has 1 aliphatic heterocycles. The first-order valence-electron chi connectivity index (χ1n) is 9.67. The number of rotatable bonds is 8. The van der Waals surface area contributed by atoms with E-state index in [-0.39, 0.29) is 35.8 Å². The summed E-state index contributed by atoms with van der Waals surface area (Å²) in [5.74, 6) is 1.56. The lowest BCUT2D eigenvalue weighted by molar-refractivity contribution is -0.0498. The van der Waals surface area contributed by atoms with E-state index in [9.17, 15) is 8.78 Å². The molecule has 1 N–H and O–H groups in total. The van der Waals surface area contributed by atoms with E-state index in [4.69, 9.17) is 4.74 Å². The van der Waals surface area contributed by atoms with Crippen LogP contribution in [0, 0.1) is 5.92 Å². The minimum Gasteiger partial charge on any atom is -0.435 e. The van der Waals surface area contributed by atoms with Gasteiger partial charge in [0.15, 0.2) is 5.96 Å². The van der Waals surface area contributed by atoms with Crippen molar-refractivity contribution in [1.82, 2.24) is 15.1 Å². The van der Waals surface area contributed by atoms with E-state index in [0.717, 1.165) is 37.8 Å². The Labute approximate surface area is 189 Å². The predicted octanol–water partition coefficient (Wildman–Crippen LogP) is 3.27. The van der Waals surface area contributed by atoms with Gasteiger partial charge in [0, 0.05) is 46.8 Å². The first-order valence-corrected chi connectivity index (χ1v) is 9.67. The summed E-state index contributed by atoms with van der Waals surface area (Å²) in [7, 11) is 3.68. The molecule has 0 aliphatic carbocycles. The van der Waals surface area contributed by atoms with E-state index in [2.05, 4.69) is 33.8 Å². The molecule has 9 heteroatoms. The van der Waals surface area contributed by atoms with Crippen molar-refractivity contribution in [2.75, 3.05) is 46.9 Å². The summed E-state index contributed by atoms with van der Waals surface area (Å²) in [5, 5.41) is 3.37. The first-order chi connectivity index (χ1) is 13.4. The lowest BCUT2D eigenvalue weighted by Gasteiger charge is -2.34. The van der Waals surface area contributed by atoms with E-state index < -0.39 is 6.61 Å². The highest BCUT2D eigenvalue weighted by molar-refractivity contribution is 14.0. The molecule has 0 spiro atoms. The second-order valence-corrected chi connectivity index (χ2v) is 7.45. The molecule has 1 unspecified atom stereocenters. The first kappa shape index (κ1) is 25.8. The molecule has 0 saturated carbocycles. The Morgan fingerprint density at radius 3 is 2.62 bits per heavy atom. The number of benzene rings is 1. The average Bonchev–Trinajstić information content (AvgIpc) is 2.63. The van der Waals surface area contributed by atoms with Gasteiger partial charge in [0.2, 0.25) is 0 Å². The Bertz CT molecular complexity index is 617. The fourth-order valence-electron chi connectivity index (χ4n) is 3.30. The molecule has 1 fully saturated rings. The number of guanidine groups is 1. The van der Waals surface area contributed by atoms with Crippen molar-refractivity contribution in [1.29, 1.82) is 0 Å². The summed E-state index contributed by atoms with van der Waals surface area (Å²) in [5.41, 5.74) is 0.976. The van der Waals surface area contributed by atoms with Crippen LogP contribution in [0.4, 0.5) is 8.78 Å². The number of nitrogens with one attached hydrogen (secondary N) is 1. The number of alkyl halides is 2. The Morgan fingerprint density at radius 2 is 2.03 bits per heavy atom. The van der Waals surface area contributed by atoms with Crippen molar-refractivity contribution in [3.05, 3.63) is 29.8 Å². The van der Waals surface area contributed by atoms with Crippen molar-refractivity contribution in [2.45, 2.75) is 33.1 Å². The fraction of sp³-hybridized carbons (Fsp3) is 0.650. The largest absolute Gasteiger partial charge is 0.435 e. The van der Waals surface area contributed by atoms with Crippen molar-refractivity contribution < 1.29 is 18.3 Å². The van der Waals surface area contributed by atoms with Crippen LogP contribution < -0.4 is 10.1 Å². The van der Waals surface area contributed by atoms with Crippen LogP contribution in [-0.2, 0) is 11.3 Å². The quantitative estimate of drug-likeness (QED) is 0.320. The highest BCUT2D eigenvalue weighted by Gasteiger charge is 2.21. The minimum atomic E-state index is -2.81. The molecule has 166 valence electrons. The summed E-state index contributed by atoms with van der Waals surface area (Å²) >= 11 is 0. The van der Waals surface area contributed by atoms with Gasteiger partial charge < -0.3 is 19.7 Å². The molecule has 1 aromatic carbocycles. The van der Waals surface area contributed by atoms with Gasteiger partial charge in [-0.05, 0) is 23.6 Å². The number of aliphatic imine (C=N–C) groups is 1. The maximum absolute atomic E-state index is 12.2. The van der Waals surface area contributed by atoms with Gasteiger partial charge in [-0.15, -0.1) is 24.0 Å². The van der Waals surface area contributed by atoms with Gasteiger partial charge in [-0.2, -0.15) is 8.78 Å². The zero-order valence-electron chi connectivity index (χ0n) is 17.6. The summed E-state index contributed by atoms with van der Waals surface area (Å²) in [6, 6.07) is 6.64. The molecule has 6 nitrogen and oxygen atoms in total. The average molecular weight is 526 g/mol. The van der Waals surface area contributed by atoms with Gasteiger partial charge in [-0.3, -0.25) is 9.89 Å². The Balaban J connectivity index is 0.00000420.